The van der Waals surface area contributed by atoms with Crippen molar-refractivity contribution in [1.29, 1.82) is 0 Å². The summed E-state index contributed by atoms with van der Waals surface area (Å²) in [7, 11) is 1.84. The number of anilines is 1. The minimum absolute atomic E-state index is 0.711. The summed E-state index contributed by atoms with van der Waals surface area (Å²) in [6.45, 7) is 6.13. The topological polar surface area (TPSA) is 43.8 Å². The second-order valence-electron chi connectivity index (χ2n) is 3.43. The number of aromatic nitrogens is 2. The number of allylic oxidation sites excluding steroid dienone is 4. The Morgan fingerprint density at radius 1 is 1.50 bits per heavy atom. The highest BCUT2D eigenvalue weighted by Gasteiger charge is 2.05. The third-order valence-electron chi connectivity index (χ3n) is 2.31. The van der Waals surface area contributed by atoms with Crippen molar-refractivity contribution < 1.29 is 0 Å². The standard InChI is InChI=1S/C11H17N3/c1-5-8(2)6-9(3)10-7-13-14(4)11(10)12/h5-7H,12H2,1-4H3/b8-5-,9-6-. The van der Waals surface area contributed by atoms with Crippen LogP contribution in [0.3, 0.4) is 0 Å². The van der Waals surface area contributed by atoms with Gasteiger partial charge in [-0.3, -0.25) is 4.68 Å². The maximum atomic E-state index is 5.86. The van der Waals surface area contributed by atoms with E-state index in [9.17, 15) is 0 Å². The first-order valence-electron chi connectivity index (χ1n) is 4.65. The summed E-state index contributed by atoms with van der Waals surface area (Å²) in [6.07, 6.45) is 5.97. The van der Waals surface area contributed by atoms with E-state index in [2.05, 4.69) is 24.2 Å². The molecule has 0 atom stereocenters. The van der Waals surface area contributed by atoms with E-state index in [0.717, 1.165) is 11.1 Å². The Hall–Kier alpha value is -1.51. The molecule has 0 aromatic carbocycles. The van der Waals surface area contributed by atoms with Gasteiger partial charge in [0.1, 0.15) is 5.82 Å². The van der Waals surface area contributed by atoms with Gasteiger partial charge in [0, 0.05) is 12.6 Å². The second-order valence-corrected chi connectivity index (χ2v) is 3.43. The Labute approximate surface area is 84.9 Å². The maximum absolute atomic E-state index is 5.86. The lowest BCUT2D eigenvalue weighted by Crippen LogP contribution is -1.98. The number of nitrogens with zero attached hydrogens (tertiary/aromatic N) is 2. The summed E-state index contributed by atoms with van der Waals surface area (Å²) in [5.74, 6) is 0.711. The number of nitrogen functional groups attached to an aromatic ring is 1. The van der Waals surface area contributed by atoms with E-state index < -0.39 is 0 Å². The van der Waals surface area contributed by atoms with Gasteiger partial charge in [-0.05, 0) is 26.3 Å². The fourth-order valence-electron chi connectivity index (χ4n) is 1.25. The molecule has 1 heterocycles. The predicted molar refractivity (Wildman–Crippen MR) is 60.7 cm³/mol. The summed E-state index contributed by atoms with van der Waals surface area (Å²) < 4.78 is 1.68. The molecule has 0 aliphatic rings. The van der Waals surface area contributed by atoms with Gasteiger partial charge < -0.3 is 5.73 Å². The average molecular weight is 191 g/mol. The Balaban J connectivity index is 3.06. The number of nitrogens with two attached hydrogens (primary N) is 1. The van der Waals surface area contributed by atoms with Crippen LogP contribution in [0, 0.1) is 0 Å². The Kier molecular flexibility index (Phi) is 3.12. The predicted octanol–water partition coefficient (Wildman–Crippen LogP) is 2.37. The smallest absolute Gasteiger partial charge is 0.128 e. The van der Waals surface area contributed by atoms with Crippen molar-refractivity contribution in [2.75, 3.05) is 5.73 Å². The quantitative estimate of drug-likeness (QED) is 0.729. The van der Waals surface area contributed by atoms with Gasteiger partial charge in [-0.25, -0.2) is 0 Å². The summed E-state index contributed by atoms with van der Waals surface area (Å²) in [5.41, 5.74) is 9.24. The molecule has 0 aliphatic heterocycles. The molecule has 0 saturated heterocycles. The van der Waals surface area contributed by atoms with E-state index in [0.29, 0.717) is 5.82 Å². The lowest BCUT2D eigenvalue weighted by molar-refractivity contribution is 0.779. The highest BCUT2D eigenvalue weighted by Crippen LogP contribution is 2.21. The highest BCUT2D eigenvalue weighted by atomic mass is 15.3. The first kappa shape index (κ1) is 10.6. The number of hydrogen-bond acceptors (Lipinski definition) is 2. The van der Waals surface area contributed by atoms with Crippen LogP contribution < -0.4 is 5.73 Å². The van der Waals surface area contributed by atoms with Gasteiger partial charge >= 0.3 is 0 Å². The molecule has 2 N–H and O–H groups in total. The highest BCUT2D eigenvalue weighted by molar-refractivity contribution is 5.73. The average Bonchev–Trinajstić information content (AvgIpc) is 2.47. The van der Waals surface area contributed by atoms with Crippen molar-refractivity contribution in [1.82, 2.24) is 9.78 Å². The van der Waals surface area contributed by atoms with Crippen LogP contribution in [-0.2, 0) is 7.05 Å². The normalized spacial score (nSPS) is 13.4. The van der Waals surface area contributed by atoms with Crippen LogP contribution in [0.25, 0.3) is 5.57 Å². The fourth-order valence-corrected chi connectivity index (χ4v) is 1.25. The number of aryl methyl sites for hydroxylation is 1. The van der Waals surface area contributed by atoms with Gasteiger partial charge in [-0.2, -0.15) is 5.10 Å². The van der Waals surface area contributed by atoms with E-state index >= 15 is 0 Å². The van der Waals surface area contributed by atoms with Crippen LogP contribution in [0.1, 0.15) is 26.3 Å². The molecule has 3 nitrogen and oxygen atoms in total. The molecule has 1 aromatic heterocycles. The molecule has 0 unspecified atom stereocenters. The van der Waals surface area contributed by atoms with Gasteiger partial charge in [0.05, 0.1) is 6.20 Å². The monoisotopic (exact) mass is 191 g/mol. The molecule has 0 aliphatic carbocycles. The molecule has 0 amide bonds. The Morgan fingerprint density at radius 3 is 2.57 bits per heavy atom. The molecular formula is C11H17N3. The summed E-state index contributed by atoms with van der Waals surface area (Å²) in [5, 5.41) is 4.10. The first-order chi connectivity index (χ1) is 6.56. The molecular weight excluding hydrogens is 174 g/mol. The summed E-state index contributed by atoms with van der Waals surface area (Å²) >= 11 is 0. The van der Waals surface area contributed by atoms with Crippen LogP contribution in [0.2, 0.25) is 0 Å². The summed E-state index contributed by atoms with van der Waals surface area (Å²) in [4.78, 5) is 0. The van der Waals surface area contributed by atoms with Crippen molar-refractivity contribution in [3.05, 3.63) is 29.5 Å². The molecule has 0 bridgehead atoms. The van der Waals surface area contributed by atoms with Gasteiger partial charge in [0.2, 0.25) is 0 Å². The number of hydrogen-bond donors (Lipinski definition) is 1. The van der Waals surface area contributed by atoms with E-state index in [1.54, 1.807) is 10.9 Å². The van der Waals surface area contributed by atoms with Crippen molar-refractivity contribution in [2.45, 2.75) is 20.8 Å². The van der Waals surface area contributed by atoms with Crippen LogP contribution in [-0.4, -0.2) is 9.78 Å². The van der Waals surface area contributed by atoms with E-state index in [4.69, 9.17) is 5.73 Å². The zero-order valence-electron chi connectivity index (χ0n) is 9.20. The van der Waals surface area contributed by atoms with Crippen molar-refractivity contribution in [3.63, 3.8) is 0 Å². The van der Waals surface area contributed by atoms with Crippen molar-refractivity contribution in [2.24, 2.45) is 7.05 Å². The van der Waals surface area contributed by atoms with Crippen LogP contribution in [0.4, 0.5) is 5.82 Å². The maximum Gasteiger partial charge on any atom is 0.128 e. The molecule has 1 rings (SSSR count). The molecule has 0 radical (unpaired) electrons. The molecule has 14 heavy (non-hydrogen) atoms. The zero-order chi connectivity index (χ0) is 10.7. The minimum Gasteiger partial charge on any atom is -0.383 e. The molecule has 0 spiro atoms. The largest absolute Gasteiger partial charge is 0.383 e. The van der Waals surface area contributed by atoms with Crippen molar-refractivity contribution in [3.8, 4) is 0 Å². The van der Waals surface area contributed by atoms with Gasteiger partial charge in [0.25, 0.3) is 0 Å². The van der Waals surface area contributed by atoms with Gasteiger partial charge in [-0.1, -0.05) is 17.7 Å². The third kappa shape index (κ3) is 2.05. The molecule has 76 valence electrons. The lowest BCUT2D eigenvalue weighted by atomic mass is 10.1. The van der Waals surface area contributed by atoms with Crippen LogP contribution in [0.15, 0.2) is 23.9 Å². The molecule has 0 saturated carbocycles. The SMILES string of the molecule is C/C=C(C)\C=C(\C)c1cnn(C)c1N. The Morgan fingerprint density at radius 2 is 2.14 bits per heavy atom. The Bertz CT molecular complexity index is 383. The van der Waals surface area contributed by atoms with Crippen LogP contribution in [0.5, 0.6) is 0 Å². The second kappa shape index (κ2) is 4.13. The van der Waals surface area contributed by atoms with Gasteiger partial charge in [0.15, 0.2) is 0 Å². The molecule has 0 fully saturated rings. The van der Waals surface area contributed by atoms with E-state index in [1.807, 2.05) is 20.9 Å². The van der Waals surface area contributed by atoms with E-state index in [-0.39, 0.29) is 0 Å². The third-order valence-corrected chi connectivity index (χ3v) is 2.31. The molecule has 3 heteroatoms. The summed E-state index contributed by atoms with van der Waals surface area (Å²) in [6, 6.07) is 0. The molecule has 1 aromatic rings. The number of rotatable bonds is 2. The van der Waals surface area contributed by atoms with Crippen LogP contribution >= 0.6 is 0 Å². The lowest BCUT2D eigenvalue weighted by Gasteiger charge is -2.00. The van der Waals surface area contributed by atoms with Crippen molar-refractivity contribution >= 4 is 11.4 Å². The van der Waals surface area contributed by atoms with E-state index in [1.165, 1.54) is 5.57 Å². The fraction of sp³-hybridized carbons (Fsp3) is 0.364. The van der Waals surface area contributed by atoms with Gasteiger partial charge in [-0.15, -0.1) is 0 Å². The minimum atomic E-state index is 0.711. The first-order valence-corrected chi connectivity index (χ1v) is 4.65. The zero-order valence-corrected chi connectivity index (χ0v) is 9.20.